The van der Waals surface area contributed by atoms with Crippen molar-refractivity contribution in [3.8, 4) is 5.75 Å². The molecule has 0 atom stereocenters. The fraction of sp³-hybridized carbons (Fsp3) is 0.222. The number of benzene rings is 2. The van der Waals surface area contributed by atoms with Gasteiger partial charge < -0.3 is 9.47 Å². The number of ether oxygens (including phenoxy) is 2. The smallest absolute Gasteiger partial charge is 0.343 e. The summed E-state index contributed by atoms with van der Waals surface area (Å²) in [5, 5.41) is 0. The standard InChI is InChI=1S/C18H18O4/c1-4-21-17(19)14-6-5-7-15(11-14)18(20)22-16-9-8-12(2)13(3)10-16/h5-11H,4H2,1-3H3. The molecule has 0 heterocycles. The van der Waals surface area contributed by atoms with Crippen LogP contribution in [-0.4, -0.2) is 18.5 Å². The molecule has 0 aliphatic carbocycles. The van der Waals surface area contributed by atoms with E-state index in [2.05, 4.69) is 0 Å². The van der Waals surface area contributed by atoms with E-state index in [9.17, 15) is 9.59 Å². The molecular weight excluding hydrogens is 280 g/mol. The predicted octanol–water partition coefficient (Wildman–Crippen LogP) is 3.70. The molecule has 4 nitrogen and oxygen atoms in total. The van der Waals surface area contributed by atoms with Gasteiger partial charge in [0.25, 0.3) is 0 Å². The minimum absolute atomic E-state index is 0.288. The molecular formula is C18H18O4. The van der Waals surface area contributed by atoms with Crippen LogP contribution in [0.25, 0.3) is 0 Å². The maximum absolute atomic E-state index is 12.2. The minimum atomic E-state index is -0.505. The molecule has 0 saturated heterocycles. The summed E-state index contributed by atoms with van der Waals surface area (Å²) in [5.41, 5.74) is 2.81. The van der Waals surface area contributed by atoms with Crippen molar-refractivity contribution in [1.29, 1.82) is 0 Å². The number of carbonyl (C=O) groups is 2. The first-order valence-corrected chi connectivity index (χ1v) is 7.08. The van der Waals surface area contributed by atoms with Crippen LogP contribution >= 0.6 is 0 Å². The highest BCUT2D eigenvalue weighted by molar-refractivity contribution is 5.96. The third-order valence-corrected chi connectivity index (χ3v) is 3.30. The number of esters is 2. The van der Waals surface area contributed by atoms with Crippen LogP contribution in [0.2, 0.25) is 0 Å². The molecule has 2 aromatic carbocycles. The number of carbonyl (C=O) groups excluding carboxylic acids is 2. The summed E-state index contributed by atoms with van der Waals surface area (Å²) in [7, 11) is 0. The molecule has 0 saturated carbocycles. The van der Waals surface area contributed by atoms with Gasteiger partial charge in [-0.2, -0.15) is 0 Å². The van der Waals surface area contributed by atoms with Crippen LogP contribution < -0.4 is 4.74 Å². The topological polar surface area (TPSA) is 52.6 Å². The van der Waals surface area contributed by atoms with E-state index in [-0.39, 0.29) is 6.61 Å². The third-order valence-electron chi connectivity index (χ3n) is 3.30. The van der Waals surface area contributed by atoms with Crippen LogP contribution in [0.4, 0.5) is 0 Å². The maximum atomic E-state index is 12.2. The second-order valence-corrected chi connectivity index (χ2v) is 4.94. The van der Waals surface area contributed by atoms with Gasteiger partial charge in [0.1, 0.15) is 5.75 Å². The van der Waals surface area contributed by atoms with Gasteiger partial charge in [-0.25, -0.2) is 9.59 Å². The molecule has 22 heavy (non-hydrogen) atoms. The molecule has 0 aliphatic rings. The van der Waals surface area contributed by atoms with Crippen molar-refractivity contribution >= 4 is 11.9 Å². The highest BCUT2D eigenvalue weighted by atomic mass is 16.5. The van der Waals surface area contributed by atoms with E-state index in [1.165, 1.54) is 6.07 Å². The first kappa shape index (κ1) is 15.8. The summed E-state index contributed by atoms with van der Waals surface area (Å²) in [4.78, 5) is 23.9. The van der Waals surface area contributed by atoms with Crippen LogP contribution in [0.3, 0.4) is 0 Å². The lowest BCUT2D eigenvalue weighted by Gasteiger charge is -2.08. The van der Waals surface area contributed by atoms with Crippen LogP contribution in [0.5, 0.6) is 5.75 Å². The molecule has 0 aromatic heterocycles. The average Bonchev–Trinajstić information content (AvgIpc) is 2.51. The summed E-state index contributed by atoms with van der Waals surface area (Å²) in [6.07, 6.45) is 0. The fourth-order valence-corrected chi connectivity index (χ4v) is 1.93. The molecule has 0 aliphatic heterocycles. The molecule has 0 unspecified atom stereocenters. The average molecular weight is 298 g/mol. The van der Waals surface area contributed by atoms with Crippen molar-refractivity contribution in [2.24, 2.45) is 0 Å². The Hall–Kier alpha value is -2.62. The Morgan fingerprint density at radius 1 is 0.909 bits per heavy atom. The lowest BCUT2D eigenvalue weighted by atomic mass is 10.1. The molecule has 4 heteroatoms. The maximum Gasteiger partial charge on any atom is 0.343 e. The molecule has 2 aromatic rings. The fourth-order valence-electron chi connectivity index (χ4n) is 1.93. The van der Waals surface area contributed by atoms with E-state index < -0.39 is 11.9 Å². The van der Waals surface area contributed by atoms with Crippen LogP contribution in [0.1, 0.15) is 38.8 Å². The van der Waals surface area contributed by atoms with Crippen molar-refractivity contribution in [3.05, 3.63) is 64.7 Å². The van der Waals surface area contributed by atoms with Gasteiger partial charge in [-0.3, -0.25) is 0 Å². The van der Waals surface area contributed by atoms with Gasteiger partial charge in [0.05, 0.1) is 17.7 Å². The van der Waals surface area contributed by atoms with Gasteiger partial charge in [-0.1, -0.05) is 12.1 Å². The number of rotatable bonds is 4. The zero-order valence-electron chi connectivity index (χ0n) is 12.9. The molecule has 0 amide bonds. The van der Waals surface area contributed by atoms with E-state index in [1.54, 1.807) is 31.2 Å². The quantitative estimate of drug-likeness (QED) is 0.638. The zero-order chi connectivity index (χ0) is 16.1. The van der Waals surface area contributed by atoms with Gasteiger partial charge in [0.15, 0.2) is 0 Å². The van der Waals surface area contributed by atoms with E-state index >= 15 is 0 Å². The van der Waals surface area contributed by atoms with Gasteiger partial charge in [-0.15, -0.1) is 0 Å². The van der Waals surface area contributed by atoms with Crippen molar-refractivity contribution in [2.75, 3.05) is 6.61 Å². The van der Waals surface area contributed by atoms with Crippen molar-refractivity contribution in [3.63, 3.8) is 0 Å². The Bertz CT molecular complexity index is 704. The van der Waals surface area contributed by atoms with Crippen molar-refractivity contribution in [2.45, 2.75) is 20.8 Å². The monoisotopic (exact) mass is 298 g/mol. The summed E-state index contributed by atoms with van der Waals surface area (Å²) in [6.45, 7) is 5.96. The third kappa shape index (κ3) is 3.73. The Labute approximate surface area is 129 Å². The SMILES string of the molecule is CCOC(=O)c1cccc(C(=O)Oc2ccc(C)c(C)c2)c1. The zero-order valence-corrected chi connectivity index (χ0v) is 12.9. The first-order valence-electron chi connectivity index (χ1n) is 7.08. The summed E-state index contributed by atoms with van der Waals surface area (Å²) in [6, 6.07) is 11.8. The first-order chi connectivity index (χ1) is 10.5. The van der Waals surface area contributed by atoms with Gasteiger partial charge >= 0.3 is 11.9 Å². The summed E-state index contributed by atoms with van der Waals surface area (Å²) >= 11 is 0. The highest BCUT2D eigenvalue weighted by Gasteiger charge is 2.13. The molecule has 2 rings (SSSR count). The van der Waals surface area contributed by atoms with Crippen molar-refractivity contribution in [1.82, 2.24) is 0 Å². The molecule has 0 radical (unpaired) electrons. The summed E-state index contributed by atoms with van der Waals surface area (Å²) < 4.78 is 10.3. The molecule has 0 N–H and O–H groups in total. The van der Waals surface area contributed by atoms with Crippen LogP contribution in [0.15, 0.2) is 42.5 Å². The second-order valence-electron chi connectivity index (χ2n) is 4.94. The predicted molar refractivity (Wildman–Crippen MR) is 83.3 cm³/mol. The Morgan fingerprint density at radius 2 is 1.59 bits per heavy atom. The van der Waals surface area contributed by atoms with Gasteiger partial charge in [0.2, 0.25) is 0 Å². The number of hydrogen-bond donors (Lipinski definition) is 0. The second kappa shape index (κ2) is 6.89. The normalized spacial score (nSPS) is 10.1. The van der Waals surface area contributed by atoms with E-state index in [0.29, 0.717) is 16.9 Å². The van der Waals surface area contributed by atoms with Gasteiger partial charge in [0, 0.05) is 0 Å². The lowest BCUT2D eigenvalue weighted by Crippen LogP contribution is -2.11. The largest absolute Gasteiger partial charge is 0.462 e. The molecule has 0 fully saturated rings. The Morgan fingerprint density at radius 3 is 2.23 bits per heavy atom. The van der Waals surface area contributed by atoms with E-state index in [1.807, 2.05) is 26.0 Å². The van der Waals surface area contributed by atoms with E-state index in [0.717, 1.165) is 11.1 Å². The highest BCUT2D eigenvalue weighted by Crippen LogP contribution is 2.18. The summed E-state index contributed by atoms with van der Waals surface area (Å²) in [5.74, 6) is -0.479. The van der Waals surface area contributed by atoms with E-state index in [4.69, 9.17) is 9.47 Å². The molecule has 0 spiro atoms. The van der Waals surface area contributed by atoms with Crippen molar-refractivity contribution < 1.29 is 19.1 Å². The lowest BCUT2D eigenvalue weighted by molar-refractivity contribution is 0.0526. The minimum Gasteiger partial charge on any atom is -0.462 e. The molecule has 0 bridgehead atoms. The Balaban J connectivity index is 2.17. The molecule has 114 valence electrons. The van der Waals surface area contributed by atoms with Crippen LogP contribution in [-0.2, 0) is 4.74 Å². The Kier molecular flexibility index (Phi) is 4.94. The number of hydrogen-bond acceptors (Lipinski definition) is 4. The number of aryl methyl sites for hydroxylation is 2. The van der Waals surface area contributed by atoms with Gasteiger partial charge in [-0.05, 0) is 62.2 Å². The van der Waals surface area contributed by atoms with Crippen LogP contribution in [0, 0.1) is 13.8 Å².